The van der Waals surface area contributed by atoms with Gasteiger partial charge in [-0.1, -0.05) is 26.7 Å². The number of aliphatic hydroxyl groups is 1. The Morgan fingerprint density at radius 3 is 2.43 bits per heavy atom. The van der Waals surface area contributed by atoms with Crippen molar-refractivity contribution in [2.75, 3.05) is 12.3 Å². The van der Waals surface area contributed by atoms with Crippen LogP contribution in [0.4, 0.5) is 10.1 Å². The molecule has 7 heteroatoms. The van der Waals surface area contributed by atoms with Crippen molar-refractivity contribution in [3.8, 4) is 0 Å². The van der Waals surface area contributed by atoms with Crippen molar-refractivity contribution in [1.82, 2.24) is 4.72 Å². The van der Waals surface area contributed by atoms with E-state index in [9.17, 15) is 17.9 Å². The summed E-state index contributed by atoms with van der Waals surface area (Å²) in [7, 11) is -3.91. The van der Waals surface area contributed by atoms with Crippen molar-refractivity contribution < 1.29 is 17.9 Å². The predicted molar refractivity (Wildman–Crippen MR) is 80.8 cm³/mol. The number of sulfonamides is 1. The third-order valence-corrected chi connectivity index (χ3v) is 5.23. The van der Waals surface area contributed by atoms with Crippen LogP contribution in [0.15, 0.2) is 17.0 Å². The highest BCUT2D eigenvalue weighted by Crippen LogP contribution is 2.22. The van der Waals surface area contributed by atoms with Crippen LogP contribution >= 0.6 is 0 Å². The van der Waals surface area contributed by atoms with E-state index in [4.69, 9.17) is 5.73 Å². The van der Waals surface area contributed by atoms with Crippen molar-refractivity contribution in [3.63, 3.8) is 0 Å². The molecular weight excluding hydrogens is 295 g/mol. The van der Waals surface area contributed by atoms with Crippen molar-refractivity contribution >= 4 is 15.7 Å². The van der Waals surface area contributed by atoms with Crippen LogP contribution in [0.2, 0.25) is 0 Å². The van der Waals surface area contributed by atoms with Crippen LogP contribution in [0.5, 0.6) is 0 Å². The van der Waals surface area contributed by atoms with Crippen LogP contribution in [0.25, 0.3) is 0 Å². The molecule has 0 saturated heterocycles. The summed E-state index contributed by atoms with van der Waals surface area (Å²) < 4.78 is 40.3. The fraction of sp³-hybridized carbons (Fsp3) is 0.571. The Morgan fingerprint density at radius 1 is 1.33 bits per heavy atom. The molecule has 120 valence electrons. The minimum atomic E-state index is -3.91. The fourth-order valence-electron chi connectivity index (χ4n) is 2.23. The summed E-state index contributed by atoms with van der Waals surface area (Å²) in [5.41, 5.74) is 5.54. The number of nitrogen functional groups attached to an aromatic ring is 1. The van der Waals surface area contributed by atoms with E-state index in [-0.39, 0.29) is 28.6 Å². The number of aliphatic hydroxyl groups excluding tert-OH is 1. The van der Waals surface area contributed by atoms with Crippen LogP contribution in [0.3, 0.4) is 0 Å². The molecule has 21 heavy (non-hydrogen) atoms. The molecule has 0 aliphatic heterocycles. The molecule has 0 fully saturated rings. The molecule has 1 rings (SSSR count). The Hall–Kier alpha value is -1.18. The molecule has 0 heterocycles. The van der Waals surface area contributed by atoms with Gasteiger partial charge in [0.15, 0.2) is 0 Å². The Balaban J connectivity index is 2.93. The fourth-order valence-corrected chi connectivity index (χ4v) is 3.56. The first-order valence-electron chi connectivity index (χ1n) is 6.96. The lowest BCUT2D eigenvalue weighted by Crippen LogP contribution is -2.36. The maximum Gasteiger partial charge on any atom is 0.241 e. The van der Waals surface area contributed by atoms with E-state index in [1.807, 2.05) is 13.8 Å². The highest BCUT2D eigenvalue weighted by atomic mass is 32.2. The first-order valence-corrected chi connectivity index (χ1v) is 8.44. The lowest BCUT2D eigenvalue weighted by Gasteiger charge is -2.20. The van der Waals surface area contributed by atoms with Gasteiger partial charge in [0.05, 0.1) is 11.0 Å². The Bertz CT molecular complexity index is 586. The van der Waals surface area contributed by atoms with Gasteiger partial charge in [-0.25, -0.2) is 17.5 Å². The minimum absolute atomic E-state index is 0.00808. The molecule has 0 bridgehead atoms. The number of hydrogen-bond acceptors (Lipinski definition) is 4. The number of hydrogen-bond donors (Lipinski definition) is 3. The second kappa shape index (κ2) is 7.20. The van der Waals surface area contributed by atoms with E-state index in [0.29, 0.717) is 0 Å². The van der Waals surface area contributed by atoms with Crippen LogP contribution < -0.4 is 10.5 Å². The number of rotatable bonds is 7. The van der Waals surface area contributed by atoms with Crippen molar-refractivity contribution in [1.29, 1.82) is 0 Å². The van der Waals surface area contributed by atoms with Crippen molar-refractivity contribution in [2.24, 2.45) is 5.92 Å². The van der Waals surface area contributed by atoms with Gasteiger partial charge >= 0.3 is 0 Å². The molecule has 0 aliphatic carbocycles. The largest absolute Gasteiger partial charge is 0.399 e. The number of halogens is 1. The van der Waals surface area contributed by atoms with Gasteiger partial charge in [-0.05, 0) is 25.0 Å². The third-order valence-electron chi connectivity index (χ3n) is 3.68. The summed E-state index contributed by atoms with van der Waals surface area (Å²) in [5, 5.41) is 9.97. The second-order valence-electron chi connectivity index (χ2n) is 5.12. The van der Waals surface area contributed by atoms with Gasteiger partial charge in [0.25, 0.3) is 0 Å². The maximum absolute atomic E-state index is 13.6. The Labute approximate surface area is 125 Å². The van der Waals surface area contributed by atoms with Gasteiger partial charge in [0.2, 0.25) is 10.0 Å². The van der Waals surface area contributed by atoms with Gasteiger partial charge in [0.1, 0.15) is 5.82 Å². The van der Waals surface area contributed by atoms with Crippen molar-refractivity contribution in [3.05, 3.63) is 23.5 Å². The second-order valence-corrected chi connectivity index (χ2v) is 6.86. The normalized spacial score (nSPS) is 13.6. The van der Waals surface area contributed by atoms with E-state index < -0.39 is 21.9 Å². The molecule has 0 radical (unpaired) electrons. The van der Waals surface area contributed by atoms with Crippen LogP contribution in [-0.4, -0.2) is 26.2 Å². The van der Waals surface area contributed by atoms with Crippen LogP contribution in [-0.2, 0) is 10.0 Å². The van der Waals surface area contributed by atoms with E-state index >= 15 is 0 Å². The number of benzene rings is 1. The van der Waals surface area contributed by atoms with Gasteiger partial charge in [-0.2, -0.15) is 0 Å². The van der Waals surface area contributed by atoms with E-state index in [0.717, 1.165) is 18.9 Å². The Morgan fingerprint density at radius 2 is 1.90 bits per heavy atom. The van der Waals surface area contributed by atoms with Gasteiger partial charge < -0.3 is 10.8 Å². The van der Waals surface area contributed by atoms with Crippen LogP contribution in [0.1, 0.15) is 32.3 Å². The molecule has 1 unspecified atom stereocenters. The first kappa shape index (κ1) is 17.9. The zero-order chi connectivity index (χ0) is 16.2. The number of nitrogens with one attached hydrogen (secondary N) is 1. The summed E-state index contributed by atoms with van der Waals surface area (Å²) in [4.78, 5) is -0.197. The lowest BCUT2D eigenvalue weighted by atomic mass is 9.97. The highest BCUT2D eigenvalue weighted by molar-refractivity contribution is 7.89. The summed E-state index contributed by atoms with van der Waals surface area (Å²) in [6.45, 7) is 5.14. The molecule has 0 aliphatic rings. The molecule has 1 aromatic carbocycles. The summed E-state index contributed by atoms with van der Waals surface area (Å²) in [6, 6.07) is 2.29. The molecular formula is C14H23FN2O3S. The maximum atomic E-state index is 13.6. The summed E-state index contributed by atoms with van der Waals surface area (Å²) in [6.07, 6.45) is 0.734. The predicted octanol–water partition coefficient (Wildman–Crippen LogP) is 1.79. The van der Waals surface area contributed by atoms with Gasteiger partial charge in [-0.15, -0.1) is 0 Å². The molecule has 0 amide bonds. The molecule has 5 nitrogen and oxygen atoms in total. The quantitative estimate of drug-likeness (QED) is 0.668. The average Bonchev–Trinajstić information content (AvgIpc) is 2.42. The van der Waals surface area contributed by atoms with Gasteiger partial charge in [-0.3, -0.25) is 0 Å². The minimum Gasteiger partial charge on any atom is -0.399 e. The zero-order valence-corrected chi connectivity index (χ0v) is 13.4. The van der Waals surface area contributed by atoms with E-state index in [2.05, 4.69) is 4.72 Å². The lowest BCUT2D eigenvalue weighted by molar-refractivity contribution is 0.107. The first-order chi connectivity index (χ1) is 9.72. The molecule has 4 N–H and O–H groups in total. The highest BCUT2D eigenvalue weighted by Gasteiger charge is 2.23. The number of nitrogens with two attached hydrogens (primary N) is 1. The van der Waals surface area contributed by atoms with E-state index in [1.165, 1.54) is 13.0 Å². The Kier molecular flexibility index (Phi) is 6.12. The van der Waals surface area contributed by atoms with Crippen molar-refractivity contribution in [2.45, 2.75) is 44.6 Å². The third kappa shape index (κ3) is 4.39. The number of anilines is 1. The standard InChI is InChI=1S/C14H23FN2O3S/c1-4-10(5-2)13(18)8-17-21(19,20)14-7-11(16)6-12(15)9(14)3/h6-7,10,13,17-18H,4-5,8,16H2,1-3H3. The summed E-state index contributed by atoms with van der Waals surface area (Å²) >= 11 is 0. The molecule has 0 spiro atoms. The zero-order valence-electron chi connectivity index (χ0n) is 12.6. The molecule has 0 saturated carbocycles. The van der Waals surface area contributed by atoms with Crippen LogP contribution in [0, 0.1) is 18.7 Å². The summed E-state index contributed by atoms with van der Waals surface area (Å²) in [5.74, 6) is -0.651. The molecule has 1 aromatic rings. The SMILES string of the molecule is CCC(CC)C(O)CNS(=O)(=O)c1cc(N)cc(F)c1C. The smallest absolute Gasteiger partial charge is 0.241 e. The average molecular weight is 318 g/mol. The van der Waals surface area contributed by atoms with E-state index in [1.54, 1.807) is 0 Å². The molecule has 0 aromatic heterocycles. The monoisotopic (exact) mass is 318 g/mol. The molecule has 1 atom stereocenters. The topological polar surface area (TPSA) is 92.4 Å². The van der Waals surface area contributed by atoms with Gasteiger partial charge in [0, 0.05) is 17.8 Å².